The maximum absolute atomic E-state index is 13.8. The maximum atomic E-state index is 13.8. The van der Waals surface area contributed by atoms with Crippen molar-refractivity contribution in [1.29, 1.82) is 0 Å². The van der Waals surface area contributed by atoms with Gasteiger partial charge < -0.3 is 9.88 Å². The number of nitrogens with one attached hydrogen (secondary N) is 1. The van der Waals surface area contributed by atoms with Crippen LogP contribution in [0.4, 0.5) is 4.39 Å². The second-order valence-electron chi connectivity index (χ2n) is 4.97. The van der Waals surface area contributed by atoms with E-state index in [0.29, 0.717) is 17.1 Å². The fourth-order valence-corrected chi connectivity index (χ4v) is 2.47. The van der Waals surface area contributed by atoms with Gasteiger partial charge in [0.05, 0.1) is 6.54 Å². The summed E-state index contributed by atoms with van der Waals surface area (Å²) in [5.74, 6) is -0.219. The molecule has 1 heterocycles. The third-order valence-corrected chi connectivity index (χ3v) is 3.59. The topological polar surface area (TPSA) is 17.0 Å². The molecule has 1 N–H and O–H groups in total. The molecule has 0 fully saturated rings. The van der Waals surface area contributed by atoms with Crippen LogP contribution in [0.3, 0.4) is 0 Å². The molecule has 0 bridgehead atoms. The van der Waals surface area contributed by atoms with Gasteiger partial charge in [-0.1, -0.05) is 18.5 Å². The molecule has 2 nitrogen and oxygen atoms in total. The van der Waals surface area contributed by atoms with Gasteiger partial charge in [-0.2, -0.15) is 0 Å². The van der Waals surface area contributed by atoms with E-state index in [1.807, 2.05) is 12.3 Å². The van der Waals surface area contributed by atoms with Gasteiger partial charge in [0.1, 0.15) is 5.82 Å². The van der Waals surface area contributed by atoms with E-state index in [9.17, 15) is 4.39 Å². The van der Waals surface area contributed by atoms with E-state index in [4.69, 9.17) is 11.6 Å². The van der Waals surface area contributed by atoms with Gasteiger partial charge in [-0.25, -0.2) is 4.39 Å². The van der Waals surface area contributed by atoms with Crippen molar-refractivity contribution in [2.24, 2.45) is 0 Å². The maximum Gasteiger partial charge on any atom is 0.128 e. The third kappa shape index (κ3) is 3.62. The summed E-state index contributed by atoms with van der Waals surface area (Å²) in [6.45, 7) is 5.72. The molecule has 0 radical (unpaired) electrons. The van der Waals surface area contributed by atoms with E-state index in [0.717, 1.165) is 18.7 Å². The average molecular weight is 295 g/mol. The molecule has 108 valence electrons. The number of rotatable bonds is 6. The summed E-state index contributed by atoms with van der Waals surface area (Å²) in [5.41, 5.74) is 1.76. The minimum absolute atomic E-state index is 0.219. The monoisotopic (exact) mass is 294 g/mol. The van der Waals surface area contributed by atoms with Crippen molar-refractivity contribution in [3.8, 4) is 0 Å². The molecule has 2 rings (SSSR count). The number of aromatic nitrogens is 1. The first-order valence-electron chi connectivity index (χ1n) is 6.94. The van der Waals surface area contributed by atoms with E-state index < -0.39 is 0 Å². The number of nitrogens with zero attached hydrogens (tertiary/aromatic N) is 1. The molecule has 20 heavy (non-hydrogen) atoms. The molecule has 0 spiro atoms. The molecule has 0 saturated heterocycles. The molecular weight excluding hydrogens is 275 g/mol. The van der Waals surface area contributed by atoms with Crippen LogP contribution in [0.1, 0.15) is 37.6 Å². The van der Waals surface area contributed by atoms with Crippen molar-refractivity contribution in [2.75, 3.05) is 6.54 Å². The average Bonchev–Trinajstić information content (AvgIpc) is 2.88. The number of hydrogen-bond acceptors (Lipinski definition) is 1. The molecule has 0 aliphatic rings. The zero-order chi connectivity index (χ0) is 14.5. The highest BCUT2D eigenvalue weighted by Crippen LogP contribution is 2.19. The summed E-state index contributed by atoms with van der Waals surface area (Å²) in [5, 5.41) is 4.01. The summed E-state index contributed by atoms with van der Waals surface area (Å²) < 4.78 is 15.9. The van der Waals surface area contributed by atoms with E-state index in [1.54, 1.807) is 12.1 Å². The van der Waals surface area contributed by atoms with Crippen molar-refractivity contribution < 1.29 is 4.39 Å². The second kappa shape index (κ2) is 6.91. The van der Waals surface area contributed by atoms with E-state index >= 15 is 0 Å². The Hall–Kier alpha value is -1.32. The van der Waals surface area contributed by atoms with Crippen LogP contribution in [0.5, 0.6) is 0 Å². The van der Waals surface area contributed by atoms with Crippen molar-refractivity contribution in [1.82, 2.24) is 9.88 Å². The van der Waals surface area contributed by atoms with Gasteiger partial charge in [-0.05, 0) is 50.2 Å². The van der Waals surface area contributed by atoms with Crippen LogP contribution in [0.2, 0.25) is 5.02 Å². The standard InChI is InChI=1S/C16H20ClFN2/c1-3-8-19-12(2)16-5-4-9-20(16)11-13-10-14(17)6-7-15(13)18/h4-7,9-10,12,19H,3,8,11H2,1-2H3. The van der Waals surface area contributed by atoms with Gasteiger partial charge in [0.25, 0.3) is 0 Å². The highest BCUT2D eigenvalue weighted by Gasteiger charge is 2.11. The van der Waals surface area contributed by atoms with E-state index in [2.05, 4.69) is 29.8 Å². The smallest absolute Gasteiger partial charge is 0.128 e. The summed E-state index contributed by atoms with van der Waals surface area (Å²) >= 11 is 5.94. The first-order chi connectivity index (χ1) is 9.61. The molecule has 0 aliphatic carbocycles. The molecule has 1 unspecified atom stereocenters. The van der Waals surface area contributed by atoms with Crippen molar-refractivity contribution >= 4 is 11.6 Å². The lowest BCUT2D eigenvalue weighted by molar-refractivity contribution is 0.529. The fourth-order valence-electron chi connectivity index (χ4n) is 2.28. The summed E-state index contributed by atoms with van der Waals surface area (Å²) in [6.07, 6.45) is 3.06. The van der Waals surface area contributed by atoms with Crippen molar-refractivity contribution in [3.05, 3.63) is 58.6 Å². The SMILES string of the molecule is CCCNC(C)c1cccn1Cc1cc(Cl)ccc1F. The lowest BCUT2D eigenvalue weighted by Crippen LogP contribution is -2.22. The molecule has 4 heteroatoms. The summed E-state index contributed by atoms with van der Waals surface area (Å²) in [4.78, 5) is 0. The number of hydrogen-bond donors (Lipinski definition) is 1. The molecule has 0 amide bonds. The highest BCUT2D eigenvalue weighted by molar-refractivity contribution is 6.30. The van der Waals surface area contributed by atoms with E-state index in [1.165, 1.54) is 6.07 Å². The van der Waals surface area contributed by atoms with Gasteiger partial charge in [-0.3, -0.25) is 0 Å². The molecule has 2 aromatic rings. The minimum atomic E-state index is -0.219. The summed E-state index contributed by atoms with van der Waals surface area (Å²) in [6, 6.07) is 8.97. The minimum Gasteiger partial charge on any atom is -0.345 e. The van der Waals surface area contributed by atoms with E-state index in [-0.39, 0.29) is 11.9 Å². The Morgan fingerprint density at radius 2 is 2.15 bits per heavy atom. The molecule has 0 saturated carbocycles. The van der Waals surface area contributed by atoms with Crippen LogP contribution in [0.15, 0.2) is 36.5 Å². The van der Waals surface area contributed by atoms with Gasteiger partial charge in [0, 0.05) is 28.5 Å². The van der Waals surface area contributed by atoms with Gasteiger partial charge >= 0.3 is 0 Å². The lowest BCUT2D eigenvalue weighted by atomic mass is 10.2. The fraction of sp³-hybridized carbons (Fsp3) is 0.375. The molecule has 1 aromatic carbocycles. The van der Waals surface area contributed by atoms with Crippen LogP contribution in [-0.4, -0.2) is 11.1 Å². The Morgan fingerprint density at radius 3 is 2.90 bits per heavy atom. The molecular formula is C16H20ClFN2. The van der Waals surface area contributed by atoms with Crippen LogP contribution in [0.25, 0.3) is 0 Å². The lowest BCUT2D eigenvalue weighted by Gasteiger charge is -2.17. The molecule has 0 aliphatic heterocycles. The zero-order valence-corrected chi connectivity index (χ0v) is 12.6. The Kier molecular flexibility index (Phi) is 5.21. The molecule has 1 atom stereocenters. The second-order valence-corrected chi connectivity index (χ2v) is 5.41. The number of halogens is 2. The highest BCUT2D eigenvalue weighted by atomic mass is 35.5. The van der Waals surface area contributed by atoms with Crippen LogP contribution in [0, 0.1) is 5.82 Å². The first kappa shape index (κ1) is 15.1. The molecule has 1 aromatic heterocycles. The Balaban J connectivity index is 2.18. The summed E-state index contributed by atoms with van der Waals surface area (Å²) in [7, 11) is 0. The van der Waals surface area contributed by atoms with Gasteiger partial charge in [0.15, 0.2) is 0 Å². The quantitative estimate of drug-likeness (QED) is 0.836. The zero-order valence-electron chi connectivity index (χ0n) is 11.9. The predicted molar refractivity (Wildman–Crippen MR) is 81.7 cm³/mol. The first-order valence-corrected chi connectivity index (χ1v) is 7.32. The predicted octanol–water partition coefficient (Wildman–Crippen LogP) is 4.39. The largest absolute Gasteiger partial charge is 0.345 e. The van der Waals surface area contributed by atoms with Crippen LogP contribution >= 0.6 is 11.6 Å². The van der Waals surface area contributed by atoms with Crippen molar-refractivity contribution in [3.63, 3.8) is 0 Å². The Labute approximate surface area is 124 Å². The number of benzene rings is 1. The van der Waals surface area contributed by atoms with Crippen LogP contribution < -0.4 is 5.32 Å². The normalized spacial score (nSPS) is 12.6. The van der Waals surface area contributed by atoms with Crippen molar-refractivity contribution in [2.45, 2.75) is 32.9 Å². The Morgan fingerprint density at radius 1 is 1.35 bits per heavy atom. The van der Waals surface area contributed by atoms with Gasteiger partial charge in [-0.15, -0.1) is 0 Å². The van der Waals surface area contributed by atoms with Gasteiger partial charge in [0.2, 0.25) is 0 Å². The Bertz CT molecular complexity index is 565. The third-order valence-electron chi connectivity index (χ3n) is 3.36. The van der Waals surface area contributed by atoms with Crippen LogP contribution in [-0.2, 0) is 6.54 Å².